The van der Waals surface area contributed by atoms with Crippen LogP contribution in [0.3, 0.4) is 0 Å². The Morgan fingerprint density at radius 1 is 1.08 bits per heavy atom. The molecule has 0 unspecified atom stereocenters. The zero-order valence-electron chi connectivity index (χ0n) is 21.2. The summed E-state index contributed by atoms with van der Waals surface area (Å²) in [5, 5.41) is 0. The molecule has 0 spiro atoms. The Bertz CT molecular complexity index is 1560. The van der Waals surface area contributed by atoms with Crippen molar-refractivity contribution < 1.29 is 23.7 Å². The molecule has 0 saturated carbocycles. The molecule has 37 heavy (non-hydrogen) atoms. The van der Waals surface area contributed by atoms with Crippen LogP contribution in [-0.4, -0.2) is 38.0 Å². The predicted molar refractivity (Wildman–Crippen MR) is 145 cm³/mol. The van der Waals surface area contributed by atoms with E-state index >= 15 is 0 Å². The van der Waals surface area contributed by atoms with E-state index in [1.807, 2.05) is 31.2 Å². The van der Waals surface area contributed by atoms with Crippen LogP contribution in [0.25, 0.3) is 6.08 Å². The van der Waals surface area contributed by atoms with Crippen LogP contribution in [-0.2, 0) is 9.53 Å². The summed E-state index contributed by atoms with van der Waals surface area (Å²) in [6.07, 6.45) is 1.77. The zero-order valence-corrected chi connectivity index (χ0v) is 23.6. The lowest BCUT2D eigenvalue weighted by molar-refractivity contribution is -0.139. The van der Waals surface area contributed by atoms with E-state index in [1.54, 1.807) is 46.3 Å². The molecule has 2 aromatic carbocycles. The van der Waals surface area contributed by atoms with Crippen LogP contribution in [0.1, 0.15) is 37.9 Å². The monoisotopic (exact) mass is 586 g/mol. The predicted octanol–water partition coefficient (Wildman–Crippen LogP) is 3.98. The van der Waals surface area contributed by atoms with Gasteiger partial charge < -0.3 is 18.9 Å². The minimum atomic E-state index is -0.757. The third-order valence-electron chi connectivity index (χ3n) is 5.80. The van der Waals surface area contributed by atoms with Crippen LogP contribution < -0.4 is 29.1 Å². The van der Waals surface area contributed by atoms with Gasteiger partial charge in [0.25, 0.3) is 5.56 Å². The number of carbonyl (C=O) groups excluding carboxylic acids is 1. The molecule has 194 valence electrons. The molecule has 2 heterocycles. The van der Waals surface area contributed by atoms with E-state index in [0.29, 0.717) is 50.0 Å². The average molecular weight is 587 g/mol. The zero-order chi connectivity index (χ0) is 26.7. The molecule has 0 amide bonds. The van der Waals surface area contributed by atoms with Crippen LogP contribution in [0.4, 0.5) is 0 Å². The van der Waals surface area contributed by atoms with Crippen molar-refractivity contribution in [1.82, 2.24) is 4.57 Å². The van der Waals surface area contributed by atoms with Crippen LogP contribution in [0, 0.1) is 0 Å². The van der Waals surface area contributed by atoms with Crippen molar-refractivity contribution in [2.45, 2.75) is 26.8 Å². The Kier molecular flexibility index (Phi) is 8.19. The van der Waals surface area contributed by atoms with Gasteiger partial charge in [-0.15, -0.1) is 0 Å². The second-order valence-electron chi connectivity index (χ2n) is 8.03. The van der Waals surface area contributed by atoms with Crippen molar-refractivity contribution in [3.63, 3.8) is 0 Å². The number of ether oxygens (including phenoxy) is 4. The molecule has 0 radical (unpaired) electrons. The van der Waals surface area contributed by atoms with Crippen LogP contribution in [0.5, 0.6) is 17.2 Å². The van der Waals surface area contributed by atoms with E-state index in [2.05, 4.69) is 20.9 Å². The summed E-state index contributed by atoms with van der Waals surface area (Å²) in [5.41, 5.74) is 1.93. The van der Waals surface area contributed by atoms with E-state index in [4.69, 9.17) is 18.9 Å². The Morgan fingerprint density at radius 2 is 1.81 bits per heavy atom. The van der Waals surface area contributed by atoms with Crippen LogP contribution in [0.2, 0.25) is 0 Å². The van der Waals surface area contributed by atoms with Crippen molar-refractivity contribution in [2.24, 2.45) is 4.99 Å². The molecule has 1 aliphatic rings. The molecule has 8 nitrogen and oxygen atoms in total. The number of allylic oxidation sites excluding steroid dienone is 1. The normalized spacial score (nSPS) is 15.2. The van der Waals surface area contributed by atoms with E-state index in [1.165, 1.54) is 15.9 Å². The summed E-state index contributed by atoms with van der Waals surface area (Å²) in [6.45, 7) is 5.99. The number of rotatable bonds is 8. The molecule has 0 bridgehead atoms. The highest BCUT2D eigenvalue weighted by Gasteiger charge is 2.34. The molecule has 0 aliphatic carbocycles. The minimum absolute atomic E-state index is 0.197. The molecule has 1 aliphatic heterocycles. The van der Waals surface area contributed by atoms with Gasteiger partial charge in [0.2, 0.25) is 0 Å². The molecule has 3 aromatic rings. The van der Waals surface area contributed by atoms with Gasteiger partial charge in [-0.2, -0.15) is 0 Å². The highest BCUT2D eigenvalue weighted by molar-refractivity contribution is 9.10. The molecule has 0 fully saturated rings. The fourth-order valence-corrected chi connectivity index (χ4v) is 5.61. The maximum atomic E-state index is 13.9. The van der Waals surface area contributed by atoms with Crippen LogP contribution >= 0.6 is 27.3 Å². The summed E-state index contributed by atoms with van der Waals surface area (Å²) in [7, 11) is 3.14. The van der Waals surface area contributed by atoms with Gasteiger partial charge in [-0.05, 0) is 62.7 Å². The number of halogens is 1. The van der Waals surface area contributed by atoms with Crippen molar-refractivity contribution in [3.05, 3.63) is 83.0 Å². The smallest absolute Gasteiger partial charge is 0.338 e. The Balaban J connectivity index is 1.98. The van der Waals surface area contributed by atoms with Gasteiger partial charge in [0.15, 0.2) is 16.3 Å². The van der Waals surface area contributed by atoms with Gasteiger partial charge in [-0.3, -0.25) is 9.36 Å². The first-order valence-corrected chi connectivity index (χ1v) is 13.3. The summed E-state index contributed by atoms with van der Waals surface area (Å²) >= 11 is 4.73. The van der Waals surface area contributed by atoms with Gasteiger partial charge >= 0.3 is 5.97 Å². The Labute approximate surface area is 226 Å². The van der Waals surface area contributed by atoms with Crippen molar-refractivity contribution in [2.75, 3.05) is 27.4 Å². The largest absolute Gasteiger partial charge is 0.496 e. The van der Waals surface area contributed by atoms with Gasteiger partial charge in [0, 0.05) is 10.0 Å². The first-order valence-electron chi connectivity index (χ1n) is 11.7. The summed E-state index contributed by atoms with van der Waals surface area (Å²) in [4.78, 5) is 32.1. The van der Waals surface area contributed by atoms with Gasteiger partial charge in [-0.25, -0.2) is 9.79 Å². The number of methoxy groups -OCH3 is 2. The number of fused-ring (bicyclic) bond motifs is 1. The SMILES string of the molecule is CCOC(=O)C1=C(C)N=c2sc(=Cc3cc(Br)ccc3OC)c(=O)n2[C@H]1c1ccc(OC)c(OCC)c1. The molecular weight excluding hydrogens is 560 g/mol. The third-order valence-corrected chi connectivity index (χ3v) is 7.27. The Morgan fingerprint density at radius 3 is 2.49 bits per heavy atom. The number of nitrogens with zero attached hydrogens (tertiary/aromatic N) is 2. The summed E-state index contributed by atoms with van der Waals surface area (Å²) in [5.74, 6) is 1.18. The standard InChI is InChI=1S/C27H27BrN2O6S/c1-6-35-21-13-16(8-10-20(21)34-5)24-23(26(32)36-7-2)15(3)29-27-30(24)25(31)22(37-27)14-17-12-18(28)9-11-19(17)33-4/h8-14,24H,6-7H2,1-5H3/t24-/m0/s1. The second kappa shape index (κ2) is 11.4. The maximum Gasteiger partial charge on any atom is 0.338 e. The van der Waals surface area contributed by atoms with Gasteiger partial charge in [0.05, 0.1) is 49.3 Å². The van der Waals surface area contributed by atoms with Crippen molar-refractivity contribution in [3.8, 4) is 17.2 Å². The number of hydrogen-bond acceptors (Lipinski definition) is 8. The van der Waals surface area contributed by atoms with Gasteiger partial charge in [-0.1, -0.05) is 33.3 Å². The second-order valence-corrected chi connectivity index (χ2v) is 9.96. The third kappa shape index (κ3) is 5.21. The molecule has 0 saturated heterocycles. The van der Waals surface area contributed by atoms with Gasteiger partial charge in [0.1, 0.15) is 5.75 Å². The van der Waals surface area contributed by atoms with E-state index in [-0.39, 0.29) is 12.2 Å². The number of benzene rings is 2. The lowest BCUT2D eigenvalue weighted by atomic mass is 9.95. The first-order chi connectivity index (χ1) is 17.8. The molecule has 1 aromatic heterocycles. The average Bonchev–Trinajstić information content (AvgIpc) is 3.17. The topological polar surface area (TPSA) is 88.4 Å². The lowest BCUT2D eigenvalue weighted by Gasteiger charge is -2.25. The fourth-order valence-electron chi connectivity index (χ4n) is 4.20. The first kappa shape index (κ1) is 26.7. The van der Waals surface area contributed by atoms with E-state index in [9.17, 15) is 9.59 Å². The Hall–Kier alpha value is -3.37. The van der Waals surface area contributed by atoms with Crippen LogP contribution in [0.15, 0.2) is 61.9 Å². The lowest BCUT2D eigenvalue weighted by Crippen LogP contribution is -2.40. The molecule has 1 atom stereocenters. The number of thiazole rings is 1. The van der Waals surface area contributed by atoms with E-state index in [0.717, 1.165) is 10.0 Å². The molecule has 4 rings (SSSR count). The number of aromatic nitrogens is 1. The number of carbonyl (C=O) groups is 1. The molecule has 0 N–H and O–H groups in total. The number of esters is 1. The summed E-state index contributed by atoms with van der Waals surface area (Å²) in [6, 6.07) is 10.2. The quantitative estimate of drug-likeness (QED) is 0.371. The summed E-state index contributed by atoms with van der Waals surface area (Å²) < 4.78 is 24.9. The molecule has 10 heteroatoms. The van der Waals surface area contributed by atoms with Crippen molar-refractivity contribution in [1.29, 1.82) is 0 Å². The van der Waals surface area contributed by atoms with E-state index < -0.39 is 12.0 Å². The highest BCUT2D eigenvalue weighted by atomic mass is 79.9. The van der Waals surface area contributed by atoms with Crippen molar-refractivity contribution >= 4 is 39.3 Å². The minimum Gasteiger partial charge on any atom is -0.496 e. The maximum absolute atomic E-state index is 13.9. The highest BCUT2D eigenvalue weighted by Crippen LogP contribution is 2.36. The fraction of sp³-hybridized carbons (Fsp3) is 0.296. The number of hydrogen-bond donors (Lipinski definition) is 0. The molecular formula is C27H27BrN2O6S.